The summed E-state index contributed by atoms with van der Waals surface area (Å²) in [6.45, 7) is 2.57. The Morgan fingerprint density at radius 2 is 1.82 bits per heavy atom. The van der Waals surface area contributed by atoms with E-state index >= 15 is 0 Å². The Balaban J connectivity index is 1.24. The van der Waals surface area contributed by atoms with Gasteiger partial charge in [-0.25, -0.2) is 0 Å². The minimum Gasteiger partial charge on any atom is -0.504 e. The molecule has 7 rings (SSSR count). The number of para-hydroxylation sites is 1. The summed E-state index contributed by atoms with van der Waals surface area (Å²) in [5, 5.41) is 11.3. The van der Waals surface area contributed by atoms with Crippen molar-refractivity contribution in [2.45, 2.75) is 37.5 Å². The standard InChI is InChI=1S/C32H32N4O4/c1-40-28-15-21(11-12-27(28)37)31-30-24(23-9-5-6-10-25(23)33-30)16-26-32(39)35(19-29(38)36(26)31)22-13-14-34(18-22)17-20-7-3-2-4-8-20/h2-12,15,22,26,31,33,37H,13-14,16-19H2,1H3/t22-,26-,31+/m1/s1. The van der Waals surface area contributed by atoms with Gasteiger partial charge in [-0.1, -0.05) is 54.6 Å². The van der Waals surface area contributed by atoms with Gasteiger partial charge in [0.25, 0.3) is 0 Å². The Hall–Kier alpha value is -4.30. The second-order valence-corrected chi connectivity index (χ2v) is 11.0. The van der Waals surface area contributed by atoms with Crippen molar-refractivity contribution >= 4 is 22.7 Å². The van der Waals surface area contributed by atoms with Crippen LogP contribution in [-0.4, -0.2) is 75.4 Å². The SMILES string of the molecule is COc1cc([C@H]2c3[nH]c4ccccc4c3C[C@@H]3C(=O)N([C@@H]4CCN(Cc5ccccc5)C4)CC(=O)N23)ccc1O. The number of ether oxygens (including phenoxy) is 1. The first kappa shape index (κ1) is 24.7. The highest BCUT2D eigenvalue weighted by Gasteiger charge is 2.50. The molecule has 0 unspecified atom stereocenters. The van der Waals surface area contributed by atoms with E-state index in [2.05, 4.69) is 28.1 Å². The lowest BCUT2D eigenvalue weighted by atomic mass is 9.85. The number of piperazine rings is 1. The van der Waals surface area contributed by atoms with Gasteiger partial charge in [0.15, 0.2) is 11.5 Å². The number of likely N-dealkylation sites (tertiary alicyclic amines) is 1. The number of nitrogens with one attached hydrogen (secondary N) is 1. The highest BCUT2D eigenvalue weighted by atomic mass is 16.5. The van der Waals surface area contributed by atoms with Crippen molar-refractivity contribution in [2.75, 3.05) is 26.7 Å². The topological polar surface area (TPSA) is 89.1 Å². The van der Waals surface area contributed by atoms with Crippen molar-refractivity contribution in [1.29, 1.82) is 0 Å². The lowest BCUT2D eigenvalue weighted by Crippen LogP contribution is -2.65. The molecule has 0 radical (unpaired) electrons. The molecule has 40 heavy (non-hydrogen) atoms. The highest BCUT2D eigenvalue weighted by molar-refractivity contribution is 5.98. The first-order valence-corrected chi connectivity index (χ1v) is 13.9. The van der Waals surface area contributed by atoms with Crippen molar-refractivity contribution < 1.29 is 19.4 Å². The quantitative estimate of drug-likeness (QED) is 0.405. The molecule has 204 valence electrons. The third-order valence-corrected chi connectivity index (χ3v) is 8.75. The summed E-state index contributed by atoms with van der Waals surface area (Å²) in [5.74, 6) is 0.313. The Morgan fingerprint density at radius 3 is 2.65 bits per heavy atom. The number of aromatic nitrogens is 1. The van der Waals surface area contributed by atoms with E-state index in [0.29, 0.717) is 12.2 Å². The van der Waals surface area contributed by atoms with Crippen LogP contribution in [-0.2, 0) is 22.6 Å². The van der Waals surface area contributed by atoms with Crippen LogP contribution in [0.15, 0.2) is 72.8 Å². The van der Waals surface area contributed by atoms with Crippen molar-refractivity contribution in [3.05, 3.63) is 95.2 Å². The normalized spacial score (nSPS) is 23.0. The van der Waals surface area contributed by atoms with E-state index in [4.69, 9.17) is 4.74 Å². The van der Waals surface area contributed by atoms with Crippen LogP contribution in [0.5, 0.6) is 11.5 Å². The number of benzene rings is 3. The number of phenolic OH excluding ortho intramolecular Hbond substituents is 1. The molecule has 8 nitrogen and oxygen atoms in total. The third-order valence-electron chi connectivity index (χ3n) is 8.75. The summed E-state index contributed by atoms with van der Waals surface area (Å²) in [4.78, 5) is 37.7. The molecular weight excluding hydrogens is 504 g/mol. The minimum absolute atomic E-state index is 0.0119. The summed E-state index contributed by atoms with van der Waals surface area (Å²) in [6.07, 6.45) is 1.32. The Kier molecular flexibility index (Phi) is 6.00. The Bertz CT molecular complexity index is 1600. The maximum Gasteiger partial charge on any atom is 0.246 e. The van der Waals surface area contributed by atoms with Gasteiger partial charge in [0, 0.05) is 48.7 Å². The molecular formula is C32H32N4O4. The van der Waals surface area contributed by atoms with Gasteiger partial charge in [0.1, 0.15) is 12.6 Å². The van der Waals surface area contributed by atoms with E-state index < -0.39 is 12.1 Å². The van der Waals surface area contributed by atoms with Gasteiger partial charge < -0.3 is 24.6 Å². The molecule has 3 atom stereocenters. The van der Waals surface area contributed by atoms with Crippen LogP contribution in [0, 0.1) is 0 Å². The number of amides is 2. The molecule has 2 saturated heterocycles. The van der Waals surface area contributed by atoms with E-state index in [1.165, 1.54) is 12.7 Å². The number of carbonyl (C=O) groups is 2. The molecule has 2 fully saturated rings. The number of phenols is 1. The zero-order valence-corrected chi connectivity index (χ0v) is 22.4. The lowest BCUT2D eigenvalue weighted by Gasteiger charge is -2.48. The lowest BCUT2D eigenvalue weighted by molar-refractivity contribution is -0.160. The van der Waals surface area contributed by atoms with Crippen LogP contribution in [0.1, 0.15) is 34.8 Å². The van der Waals surface area contributed by atoms with Gasteiger partial charge in [-0.2, -0.15) is 0 Å². The fourth-order valence-corrected chi connectivity index (χ4v) is 6.86. The van der Waals surface area contributed by atoms with Crippen LogP contribution in [0.25, 0.3) is 10.9 Å². The summed E-state index contributed by atoms with van der Waals surface area (Å²) >= 11 is 0. The van der Waals surface area contributed by atoms with Crippen molar-refractivity contribution in [2.24, 2.45) is 0 Å². The van der Waals surface area contributed by atoms with Gasteiger partial charge >= 0.3 is 0 Å². The third kappa shape index (κ3) is 4.02. The molecule has 3 aromatic carbocycles. The van der Waals surface area contributed by atoms with Crippen molar-refractivity contribution in [1.82, 2.24) is 19.7 Å². The number of fused-ring (bicyclic) bond motifs is 4. The predicted octanol–water partition coefficient (Wildman–Crippen LogP) is 3.84. The van der Waals surface area contributed by atoms with E-state index in [1.54, 1.807) is 17.0 Å². The zero-order valence-electron chi connectivity index (χ0n) is 22.4. The second-order valence-electron chi connectivity index (χ2n) is 11.0. The maximum absolute atomic E-state index is 14.2. The van der Waals surface area contributed by atoms with Crippen LogP contribution in [0.2, 0.25) is 0 Å². The molecule has 0 aliphatic carbocycles. The van der Waals surface area contributed by atoms with Crippen LogP contribution >= 0.6 is 0 Å². The molecule has 3 aliphatic rings. The first-order valence-electron chi connectivity index (χ1n) is 13.9. The number of hydrogen-bond donors (Lipinski definition) is 2. The van der Waals surface area contributed by atoms with Crippen LogP contribution in [0.3, 0.4) is 0 Å². The Morgan fingerprint density at radius 1 is 1.02 bits per heavy atom. The molecule has 2 N–H and O–H groups in total. The number of nitrogens with zero attached hydrogens (tertiary/aromatic N) is 3. The first-order chi connectivity index (χ1) is 19.5. The number of rotatable bonds is 5. The molecule has 0 bridgehead atoms. The largest absolute Gasteiger partial charge is 0.504 e. The summed E-state index contributed by atoms with van der Waals surface area (Å²) in [7, 11) is 1.51. The summed E-state index contributed by atoms with van der Waals surface area (Å²) in [5.41, 5.74) is 4.99. The molecule has 8 heteroatoms. The Labute approximate surface area is 232 Å². The van der Waals surface area contributed by atoms with Gasteiger partial charge in [0.2, 0.25) is 11.8 Å². The fourth-order valence-electron chi connectivity index (χ4n) is 6.86. The molecule has 2 amide bonds. The van der Waals surface area contributed by atoms with E-state index in [9.17, 15) is 14.7 Å². The molecule has 1 aromatic heterocycles. The average molecular weight is 537 g/mol. The smallest absolute Gasteiger partial charge is 0.246 e. The monoisotopic (exact) mass is 536 g/mol. The van der Waals surface area contributed by atoms with Gasteiger partial charge in [0.05, 0.1) is 13.2 Å². The predicted molar refractivity (Wildman–Crippen MR) is 151 cm³/mol. The van der Waals surface area contributed by atoms with Crippen molar-refractivity contribution in [3.63, 3.8) is 0 Å². The number of carbonyl (C=O) groups excluding carboxylic acids is 2. The zero-order chi connectivity index (χ0) is 27.4. The number of hydrogen-bond acceptors (Lipinski definition) is 5. The maximum atomic E-state index is 14.2. The number of methoxy groups -OCH3 is 1. The number of H-pyrrole nitrogens is 1. The molecule has 0 saturated carbocycles. The van der Waals surface area contributed by atoms with Gasteiger partial charge in [-0.15, -0.1) is 0 Å². The van der Waals surface area contributed by atoms with Crippen LogP contribution in [0.4, 0.5) is 0 Å². The minimum atomic E-state index is -0.596. The van der Waals surface area contributed by atoms with Gasteiger partial charge in [-0.05, 0) is 41.3 Å². The number of aromatic amines is 1. The fraction of sp³-hybridized carbons (Fsp3) is 0.312. The molecule has 4 heterocycles. The van der Waals surface area contributed by atoms with E-state index in [0.717, 1.165) is 53.8 Å². The van der Waals surface area contributed by atoms with Gasteiger partial charge in [-0.3, -0.25) is 14.5 Å². The van der Waals surface area contributed by atoms with Crippen molar-refractivity contribution in [3.8, 4) is 11.5 Å². The second kappa shape index (κ2) is 9.71. The summed E-state index contributed by atoms with van der Waals surface area (Å²) in [6, 6.07) is 22.5. The average Bonchev–Trinajstić information content (AvgIpc) is 3.59. The molecule has 4 aromatic rings. The van der Waals surface area contributed by atoms with Crippen LogP contribution < -0.4 is 4.74 Å². The van der Waals surface area contributed by atoms with E-state index in [-0.39, 0.29) is 30.2 Å². The number of aromatic hydroxyl groups is 1. The summed E-state index contributed by atoms with van der Waals surface area (Å²) < 4.78 is 5.40. The molecule has 0 spiro atoms. The molecule has 3 aliphatic heterocycles. The highest BCUT2D eigenvalue weighted by Crippen LogP contribution is 2.44. The van der Waals surface area contributed by atoms with E-state index in [1.807, 2.05) is 47.4 Å².